The van der Waals surface area contributed by atoms with E-state index >= 15 is 0 Å². The zero-order valence-corrected chi connectivity index (χ0v) is 12.0. The molecule has 0 amide bonds. The van der Waals surface area contributed by atoms with Crippen LogP contribution in [0.3, 0.4) is 0 Å². The molecule has 2 atom stereocenters. The Labute approximate surface area is 108 Å². The number of nitrogens with one attached hydrogen (secondary N) is 1. The summed E-state index contributed by atoms with van der Waals surface area (Å²) < 4.78 is 5.60. The Morgan fingerprint density at radius 2 is 1.94 bits per heavy atom. The molecule has 0 bridgehead atoms. The summed E-state index contributed by atoms with van der Waals surface area (Å²) in [5.74, 6) is 2.57. The molecule has 0 saturated heterocycles. The van der Waals surface area contributed by atoms with Crippen LogP contribution in [0.4, 0.5) is 0 Å². The highest BCUT2D eigenvalue weighted by atomic mass is 16.5. The molecular weight excluding hydrogens is 210 g/mol. The summed E-state index contributed by atoms with van der Waals surface area (Å²) in [5, 5.41) is 3.55. The molecule has 1 aliphatic carbocycles. The topological polar surface area (TPSA) is 21.3 Å². The van der Waals surface area contributed by atoms with E-state index < -0.39 is 0 Å². The lowest BCUT2D eigenvalue weighted by Crippen LogP contribution is -2.31. The lowest BCUT2D eigenvalue weighted by atomic mass is 9.80. The molecule has 2 nitrogen and oxygen atoms in total. The van der Waals surface area contributed by atoms with Crippen molar-refractivity contribution in [2.45, 2.75) is 52.9 Å². The maximum Gasteiger partial charge on any atom is 0.0590 e. The van der Waals surface area contributed by atoms with Crippen LogP contribution < -0.4 is 5.32 Å². The molecule has 0 radical (unpaired) electrons. The Bertz CT molecular complexity index is 182. The summed E-state index contributed by atoms with van der Waals surface area (Å²) in [6, 6.07) is 0. The highest BCUT2D eigenvalue weighted by molar-refractivity contribution is 4.73. The fourth-order valence-corrected chi connectivity index (χ4v) is 2.55. The van der Waals surface area contributed by atoms with Gasteiger partial charge in [-0.05, 0) is 37.1 Å². The molecule has 0 aromatic carbocycles. The van der Waals surface area contributed by atoms with Crippen LogP contribution in [-0.4, -0.2) is 26.3 Å². The molecule has 0 aliphatic heterocycles. The van der Waals surface area contributed by atoms with Gasteiger partial charge in [-0.1, -0.05) is 40.0 Å². The summed E-state index contributed by atoms with van der Waals surface area (Å²) in [6.07, 6.45) is 6.90. The van der Waals surface area contributed by atoms with Gasteiger partial charge in [0.25, 0.3) is 0 Å². The molecule has 1 saturated carbocycles. The van der Waals surface area contributed by atoms with E-state index in [-0.39, 0.29) is 0 Å². The van der Waals surface area contributed by atoms with E-state index in [9.17, 15) is 0 Å². The minimum Gasteiger partial charge on any atom is -0.380 e. The Morgan fingerprint density at radius 1 is 1.18 bits per heavy atom. The zero-order valence-electron chi connectivity index (χ0n) is 12.0. The summed E-state index contributed by atoms with van der Waals surface area (Å²) in [6.45, 7) is 10.9. The first kappa shape index (κ1) is 15.0. The third-order valence-electron chi connectivity index (χ3n) is 3.96. The molecule has 1 rings (SSSR count). The van der Waals surface area contributed by atoms with Crippen molar-refractivity contribution >= 4 is 0 Å². The first-order valence-corrected chi connectivity index (χ1v) is 7.48. The fourth-order valence-electron chi connectivity index (χ4n) is 2.55. The van der Waals surface area contributed by atoms with Gasteiger partial charge >= 0.3 is 0 Å². The molecule has 0 spiro atoms. The maximum atomic E-state index is 5.60. The molecule has 0 aromatic heterocycles. The second-order valence-electron chi connectivity index (χ2n) is 6.02. The van der Waals surface area contributed by atoms with Crippen LogP contribution >= 0.6 is 0 Å². The summed E-state index contributed by atoms with van der Waals surface area (Å²) in [5.41, 5.74) is 0. The van der Waals surface area contributed by atoms with E-state index in [2.05, 4.69) is 26.1 Å². The van der Waals surface area contributed by atoms with Gasteiger partial charge in [0.05, 0.1) is 6.61 Å². The standard InChI is InChI=1S/C15H31NO/c1-13(2)8-10-17-11-9-16-12-15-7-5-4-6-14(15)3/h13-16H,4-12H2,1-3H3. The molecule has 17 heavy (non-hydrogen) atoms. The Morgan fingerprint density at radius 3 is 2.65 bits per heavy atom. The summed E-state index contributed by atoms with van der Waals surface area (Å²) in [4.78, 5) is 0. The number of rotatable bonds is 8. The second-order valence-corrected chi connectivity index (χ2v) is 6.02. The van der Waals surface area contributed by atoms with Crippen molar-refractivity contribution in [2.24, 2.45) is 17.8 Å². The fraction of sp³-hybridized carbons (Fsp3) is 1.00. The van der Waals surface area contributed by atoms with Gasteiger partial charge in [0.1, 0.15) is 0 Å². The predicted molar refractivity (Wildman–Crippen MR) is 74.3 cm³/mol. The average Bonchev–Trinajstić information content (AvgIpc) is 2.30. The lowest BCUT2D eigenvalue weighted by Gasteiger charge is -2.28. The highest BCUT2D eigenvalue weighted by Crippen LogP contribution is 2.28. The summed E-state index contributed by atoms with van der Waals surface area (Å²) in [7, 11) is 0. The van der Waals surface area contributed by atoms with E-state index in [1.165, 1.54) is 38.6 Å². The lowest BCUT2D eigenvalue weighted by molar-refractivity contribution is 0.123. The number of hydrogen-bond donors (Lipinski definition) is 1. The van der Waals surface area contributed by atoms with Gasteiger partial charge in [0.2, 0.25) is 0 Å². The van der Waals surface area contributed by atoms with Gasteiger partial charge in [-0.2, -0.15) is 0 Å². The normalized spacial score (nSPS) is 25.4. The SMILES string of the molecule is CC(C)CCOCCNCC1CCCCC1C. The van der Waals surface area contributed by atoms with E-state index in [4.69, 9.17) is 4.74 Å². The Balaban J connectivity index is 1.89. The highest BCUT2D eigenvalue weighted by Gasteiger charge is 2.20. The van der Waals surface area contributed by atoms with Crippen molar-refractivity contribution in [3.8, 4) is 0 Å². The molecule has 2 unspecified atom stereocenters. The van der Waals surface area contributed by atoms with Crippen LogP contribution in [0.25, 0.3) is 0 Å². The summed E-state index contributed by atoms with van der Waals surface area (Å²) >= 11 is 0. The molecule has 1 fully saturated rings. The van der Waals surface area contributed by atoms with Crippen LogP contribution in [0.1, 0.15) is 52.9 Å². The minimum atomic E-state index is 0.756. The molecular formula is C15H31NO. The minimum absolute atomic E-state index is 0.756. The van der Waals surface area contributed by atoms with Crippen LogP contribution in [0.2, 0.25) is 0 Å². The monoisotopic (exact) mass is 241 g/mol. The average molecular weight is 241 g/mol. The van der Waals surface area contributed by atoms with Crippen LogP contribution in [0.15, 0.2) is 0 Å². The quantitative estimate of drug-likeness (QED) is 0.657. The second kappa shape index (κ2) is 8.93. The van der Waals surface area contributed by atoms with E-state index in [0.29, 0.717) is 0 Å². The third-order valence-corrected chi connectivity index (χ3v) is 3.96. The number of ether oxygens (including phenoxy) is 1. The molecule has 2 heteroatoms. The molecule has 0 heterocycles. The van der Waals surface area contributed by atoms with E-state index in [0.717, 1.165) is 37.5 Å². The van der Waals surface area contributed by atoms with Crippen molar-refractivity contribution in [3.63, 3.8) is 0 Å². The van der Waals surface area contributed by atoms with Gasteiger partial charge < -0.3 is 10.1 Å². The molecule has 1 aliphatic rings. The van der Waals surface area contributed by atoms with E-state index in [1.54, 1.807) is 0 Å². The first-order valence-electron chi connectivity index (χ1n) is 7.48. The predicted octanol–water partition coefficient (Wildman–Crippen LogP) is 3.47. The molecule has 102 valence electrons. The van der Waals surface area contributed by atoms with E-state index in [1.807, 2.05) is 0 Å². The van der Waals surface area contributed by atoms with Crippen LogP contribution in [-0.2, 0) is 4.74 Å². The van der Waals surface area contributed by atoms with Crippen molar-refractivity contribution in [2.75, 3.05) is 26.3 Å². The van der Waals surface area contributed by atoms with Crippen LogP contribution in [0.5, 0.6) is 0 Å². The van der Waals surface area contributed by atoms with Crippen molar-refractivity contribution < 1.29 is 4.74 Å². The van der Waals surface area contributed by atoms with Crippen molar-refractivity contribution in [1.29, 1.82) is 0 Å². The van der Waals surface area contributed by atoms with Gasteiger partial charge in [-0.25, -0.2) is 0 Å². The van der Waals surface area contributed by atoms with Gasteiger partial charge in [0, 0.05) is 13.2 Å². The smallest absolute Gasteiger partial charge is 0.0590 e. The molecule has 0 aromatic rings. The van der Waals surface area contributed by atoms with Crippen LogP contribution in [0, 0.1) is 17.8 Å². The Kier molecular flexibility index (Phi) is 7.87. The third kappa shape index (κ3) is 7.05. The first-order chi connectivity index (χ1) is 8.20. The van der Waals surface area contributed by atoms with Gasteiger partial charge in [0.15, 0.2) is 0 Å². The van der Waals surface area contributed by atoms with Gasteiger partial charge in [-0.15, -0.1) is 0 Å². The van der Waals surface area contributed by atoms with Crippen molar-refractivity contribution in [3.05, 3.63) is 0 Å². The maximum absolute atomic E-state index is 5.60. The van der Waals surface area contributed by atoms with Crippen molar-refractivity contribution in [1.82, 2.24) is 5.32 Å². The zero-order chi connectivity index (χ0) is 12.5. The number of hydrogen-bond acceptors (Lipinski definition) is 2. The largest absolute Gasteiger partial charge is 0.380 e. The van der Waals surface area contributed by atoms with Gasteiger partial charge in [-0.3, -0.25) is 0 Å². The molecule has 1 N–H and O–H groups in total. The Hall–Kier alpha value is -0.0800.